The lowest BCUT2D eigenvalue weighted by Crippen LogP contribution is -2.53. The maximum atomic E-state index is 12.4. The van der Waals surface area contributed by atoms with Crippen molar-refractivity contribution < 1.29 is 4.79 Å². The molecule has 23 heavy (non-hydrogen) atoms. The molecule has 2 saturated heterocycles. The van der Waals surface area contributed by atoms with E-state index >= 15 is 0 Å². The van der Waals surface area contributed by atoms with E-state index < -0.39 is 0 Å². The quantitative estimate of drug-likeness (QED) is 0.914. The van der Waals surface area contributed by atoms with Gasteiger partial charge >= 0.3 is 0 Å². The van der Waals surface area contributed by atoms with Crippen LogP contribution in [0.4, 0.5) is 5.69 Å². The van der Waals surface area contributed by atoms with Gasteiger partial charge in [0.1, 0.15) is 0 Å². The number of nitriles is 1. The highest BCUT2D eigenvalue weighted by atomic mass is 35.5. The Bertz CT molecular complexity index is 615. The minimum atomic E-state index is -0.321. The molecule has 0 saturated carbocycles. The zero-order valence-electron chi connectivity index (χ0n) is 13.1. The second-order valence-corrected chi connectivity index (χ2v) is 6.78. The molecule has 0 atom stereocenters. The van der Waals surface area contributed by atoms with Gasteiger partial charge in [-0.25, -0.2) is 0 Å². The minimum Gasteiger partial charge on any atom is -0.368 e. The molecule has 1 N–H and O–H groups in total. The van der Waals surface area contributed by atoms with Gasteiger partial charge in [0.2, 0.25) is 5.91 Å². The van der Waals surface area contributed by atoms with Crippen molar-refractivity contribution in [2.45, 2.75) is 12.8 Å². The van der Waals surface area contributed by atoms with E-state index in [4.69, 9.17) is 11.6 Å². The van der Waals surface area contributed by atoms with Crippen molar-refractivity contribution in [1.82, 2.24) is 10.2 Å². The van der Waals surface area contributed by atoms with Gasteiger partial charge in [0.15, 0.2) is 0 Å². The number of halogens is 1. The first kappa shape index (κ1) is 16.1. The number of carbonyl (C=O) groups is 1. The van der Waals surface area contributed by atoms with Gasteiger partial charge in [-0.1, -0.05) is 17.7 Å². The average Bonchev–Trinajstić information content (AvgIpc) is 2.54. The Hall–Kier alpha value is -1.77. The summed E-state index contributed by atoms with van der Waals surface area (Å²) in [4.78, 5) is 16.5. The number of piperazine rings is 1. The summed E-state index contributed by atoms with van der Waals surface area (Å²) < 4.78 is 0. The number of anilines is 1. The maximum Gasteiger partial charge on any atom is 0.222 e. The number of nitrogens with one attached hydrogen (secondary N) is 1. The van der Waals surface area contributed by atoms with Crippen LogP contribution in [0.3, 0.4) is 0 Å². The van der Waals surface area contributed by atoms with Gasteiger partial charge in [-0.2, -0.15) is 5.26 Å². The topological polar surface area (TPSA) is 59.4 Å². The summed E-state index contributed by atoms with van der Waals surface area (Å²) >= 11 is 6.04. The van der Waals surface area contributed by atoms with Crippen LogP contribution in [0.1, 0.15) is 12.8 Å². The van der Waals surface area contributed by atoms with Crippen molar-refractivity contribution in [2.75, 3.05) is 44.2 Å². The molecule has 2 fully saturated rings. The zero-order chi connectivity index (χ0) is 16.3. The average molecular weight is 333 g/mol. The van der Waals surface area contributed by atoms with E-state index in [0.717, 1.165) is 36.9 Å². The van der Waals surface area contributed by atoms with Crippen LogP contribution >= 0.6 is 11.6 Å². The second kappa shape index (κ2) is 6.77. The lowest BCUT2D eigenvalue weighted by molar-refractivity contribution is -0.132. The molecule has 0 spiro atoms. The minimum absolute atomic E-state index is 0.164. The number of carbonyl (C=O) groups excluding carboxylic acids is 1. The standard InChI is InChI=1S/C17H21ClN4O/c18-14-2-1-3-15(10-14)21-6-8-22(9-7-21)16(23)4-5-17(11-19)12-20-13-17/h1-3,10,20H,4-9,12-13H2. The van der Waals surface area contributed by atoms with E-state index in [9.17, 15) is 10.1 Å². The summed E-state index contributed by atoms with van der Waals surface area (Å²) in [5.74, 6) is 0.164. The lowest BCUT2D eigenvalue weighted by atomic mass is 9.79. The molecule has 0 bridgehead atoms. The Morgan fingerprint density at radius 1 is 1.30 bits per heavy atom. The van der Waals surface area contributed by atoms with Crippen LogP contribution in [0.5, 0.6) is 0 Å². The molecule has 122 valence electrons. The largest absolute Gasteiger partial charge is 0.368 e. The van der Waals surface area contributed by atoms with Crippen molar-refractivity contribution >= 4 is 23.2 Å². The molecular formula is C17H21ClN4O. The summed E-state index contributed by atoms with van der Waals surface area (Å²) in [7, 11) is 0. The highest BCUT2D eigenvalue weighted by Crippen LogP contribution is 2.28. The molecule has 1 amide bonds. The Kier molecular flexibility index (Phi) is 4.74. The Labute approximate surface area is 141 Å². The smallest absolute Gasteiger partial charge is 0.222 e. The van der Waals surface area contributed by atoms with Crippen LogP contribution in [-0.2, 0) is 4.79 Å². The molecule has 2 heterocycles. The van der Waals surface area contributed by atoms with Crippen LogP contribution < -0.4 is 10.2 Å². The number of rotatable bonds is 4. The van der Waals surface area contributed by atoms with Crippen LogP contribution in [-0.4, -0.2) is 50.1 Å². The number of amides is 1. The van der Waals surface area contributed by atoms with Crippen LogP contribution in [0.15, 0.2) is 24.3 Å². The van der Waals surface area contributed by atoms with E-state index in [1.807, 2.05) is 29.2 Å². The summed E-state index contributed by atoms with van der Waals surface area (Å²) in [5, 5.41) is 13.1. The fourth-order valence-electron chi connectivity index (χ4n) is 3.13. The Morgan fingerprint density at radius 2 is 2.04 bits per heavy atom. The molecule has 2 aliphatic heterocycles. The van der Waals surface area contributed by atoms with Gasteiger partial charge in [0.05, 0.1) is 11.5 Å². The van der Waals surface area contributed by atoms with Crippen LogP contribution in [0, 0.1) is 16.7 Å². The third-order valence-electron chi connectivity index (χ3n) is 4.79. The Morgan fingerprint density at radius 3 is 2.61 bits per heavy atom. The van der Waals surface area contributed by atoms with Crippen molar-refractivity contribution in [2.24, 2.45) is 5.41 Å². The van der Waals surface area contributed by atoms with Crippen molar-refractivity contribution in [1.29, 1.82) is 5.26 Å². The summed E-state index contributed by atoms with van der Waals surface area (Å²) in [6, 6.07) is 10.2. The fraction of sp³-hybridized carbons (Fsp3) is 0.529. The molecule has 2 aliphatic rings. The summed E-state index contributed by atoms with van der Waals surface area (Å²) in [6.45, 7) is 4.50. The van der Waals surface area contributed by atoms with E-state index in [2.05, 4.69) is 16.3 Å². The molecule has 0 aromatic heterocycles. The predicted octanol–water partition coefficient (Wildman–Crippen LogP) is 1.88. The van der Waals surface area contributed by atoms with E-state index in [1.165, 1.54) is 0 Å². The monoisotopic (exact) mass is 332 g/mol. The fourth-order valence-corrected chi connectivity index (χ4v) is 3.31. The molecular weight excluding hydrogens is 312 g/mol. The highest BCUT2D eigenvalue weighted by molar-refractivity contribution is 6.30. The molecule has 3 rings (SSSR count). The zero-order valence-corrected chi connectivity index (χ0v) is 13.9. The van der Waals surface area contributed by atoms with Gasteiger partial charge in [0, 0.05) is 56.4 Å². The predicted molar refractivity (Wildman–Crippen MR) is 90.4 cm³/mol. The van der Waals surface area contributed by atoms with Crippen molar-refractivity contribution in [3.8, 4) is 6.07 Å². The first-order valence-corrected chi connectivity index (χ1v) is 8.40. The number of hydrogen-bond donors (Lipinski definition) is 1. The normalized spacial score (nSPS) is 19.8. The second-order valence-electron chi connectivity index (χ2n) is 6.34. The molecule has 6 heteroatoms. The van der Waals surface area contributed by atoms with Gasteiger partial charge < -0.3 is 15.1 Å². The van der Waals surface area contributed by atoms with E-state index in [1.54, 1.807) is 0 Å². The molecule has 0 unspecified atom stereocenters. The number of hydrogen-bond acceptors (Lipinski definition) is 4. The molecule has 1 aromatic rings. The number of nitrogens with zero attached hydrogens (tertiary/aromatic N) is 3. The molecule has 0 radical (unpaired) electrons. The van der Waals surface area contributed by atoms with Crippen LogP contribution in [0.25, 0.3) is 0 Å². The van der Waals surface area contributed by atoms with Gasteiger partial charge in [-0.15, -0.1) is 0 Å². The van der Waals surface area contributed by atoms with E-state index in [-0.39, 0.29) is 11.3 Å². The summed E-state index contributed by atoms with van der Waals surface area (Å²) in [6.07, 6.45) is 1.12. The lowest BCUT2D eigenvalue weighted by Gasteiger charge is -2.38. The van der Waals surface area contributed by atoms with Gasteiger partial charge in [0.25, 0.3) is 0 Å². The van der Waals surface area contributed by atoms with Gasteiger partial charge in [-0.3, -0.25) is 4.79 Å². The van der Waals surface area contributed by atoms with Crippen molar-refractivity contribution in [3.05, 3.63) is 29.3 Å². The molecule has 1 aromatic carbocycles. The number of benzene rings is 1. The molecule has 0 aliphatic carbocycles. The van der Waals surface area contributed by atoms with Crippen LogP contribution in [0.2, 0.25) is 5.02 Å². The maximum absolute atomic E-state index is 12.4. The molecule has 5 nitrogen and oxygen atoms in total. The SMILES string of the molecule is N#CC1(CCC(=O)N2CCN(c3cccc(Cl)c3)CC2)CNC1. The first-order valence-electron chi connectivity index (χ1n) is 8.02. The van der Waals surface area contributed by atoms with E-state index in [0.29, 0.717) is 25.9 Å². The van der Waals surface area contributed by atoms with Gasteiger partial charge in [-0.05, 0) is 24.6 Å². The highest BCUT2D eigenvalue weighted by Gasteiger charge is 2.37. The summed E-state index contributed by atoms with van der Waals surface area (Å²) in [5.41, 5.74) is 0.784. The first-order chi connectivity index (χ1) is 11.1. The third-order valence-corrected chi connectivity index (χ3v) is 5.02. The Balaban J connectivity index is 1.49. The third kappa shape index (κ3) is 3.60. The van der Waals surface area contributed by atoms with Crippen molar-refractivity contribution in [3.63, 3.8) is 0 Å².